The van der Waals surface area contributed by atoms with Crippen LogP contribution in [-0.4, -0.2) is 0 Å². The Morgan fingerprint density at radius 3 is 1.19 bits per heavy atom. The number of para-hydroxylation sites is 2. The summed E-state index contributed by atoms with van der Waals surface area (Å²) in [5.74, 6) is 0. The highest BCUT2D eigenvalue weighted by Gasteiger charge is 2.17. The lowest BCUT2D eigenvalue weighted by Crippen LogP contribution is -2.10. The first-order valence-electron chi connectivity index (χ1n) is 21.2. The molecule has 62 heavy (non-hydrogen) atoms. The fourth-order valence-corrected chi connectivity index (χ4v) is 8.73. The van der Waals surface area contributed by atoms with Gasteiger partial charge in [0.2, 0.25) is 0 Å². The van der Waals surface area contributed by atoms with Crippen LogP contribution in [0.3, 0.4) is 0 Å². The van der Waals surface area contributed by atoms with Crippen LogP contribution in [0.15, 0.2) is 253 Å². The van der Waals surface area contributed by atoms with Gasteiger partial charge in [0.15, 0.2) is 0 Å². The molecule has 11 rings (SSSR count). The molecule has 0 spiro atoms. The van der Waals surface area contributed by atoms with Gasteiger partial charge in [-0.3, -0.25) is 0 Å². The van der Waals surface area contributed by atoms with Gasteiger partial charge in [-0.25, -0.2) is 0 Å². The van der Waals surface area contributed by atoms with Gasteiger partial charge in [-0.1, -0.05) is 194 Å². The Labute approximate surface area is 362 Å². The van der Waals surface area contributed by atoms with Gasteiger partial charge in [0, 0.05) is 33.4 Å². The Kier molecular flexibility index (Phi) is 9.57. The summed E-state index contributed by atoms with van der Waals surface area (Å²) in [6.07, 6.45) is 0. The molecule has 0 aliphatic heterocycles. The first kappa shape index (κ1) is 36.8. The maximum absolute atomic E-state index is 6.37. The topological polar surface area (TPSA) is 16.4 Å². The lowest BCUT2D eigenvalue weighted by atomic mass is 9.97. The van der Waals surface area contributed by atoms with Gasteiger partial charge in [-0.15, -0.1) is 0 Å². The largest absolute Gasteiger partial charge is 0.455 e. The number of anilines is 3. The van der Waals surface area contributed by atoms with Crippen LogP contribution in [0.25, 0.3) is 88.7 Å². The third-order valence-corrected chi connectivity index (χ3v) is 11.9. The molecular weight excluding hydrogens is 751 g/mol. The molecule has 11 aromatic rings. The van der Waals surface area contributed by atoms with Crippen LogP contribution in [0.1, 0.15) is 0 Å². The summed E-state index contributed by atoms with van der Waals surface area (Å²) in [6, 6.07) is 89.1. The molecule has 0 radical (unpaired) electrons. The van der Waals surface area contributed by atoms with Crippen molar-refractivity contribution in [1.29, 1.82) is 0 Å². The lowest BCUT2D eigenvalue weighted by molar-refractivity contribution is 0.670. The van der Waals surface area contributed by atoms with Crippen LogP contribution in [0.2, 0.25) is 0 Å². The van der Waals surface area contributed by atoms with E-state index in [2.05, 4.69) is 241 Å². The number of hydrogen-bond acceptors (Lipinski definition) is 2. The zero-order valence-corrected chi connectivity index (χ0v) is 34.0. The average molecular weight is 792 g/mol. The molecule has 0 fully saturated rings. The van der Waals surface area contributed by atoms with E-state index in [0.717, 1.165) is 72.4 Å². The van der Waals surface area contributed by atoms with Crippen LogP contribution in [0.4, 0.5) is 17.1 Å². The Bertz CT molecular complexity index is 3200. The van der Waals surface area contributed by atoms with Crippen molar-refractivity contribution >= 4 is 39.0 Å². The first-order chi connectivity index (χ1) is 30.7. The molecule has 10 aromatic carbocycles. The minimum absolute atomic E-state index is 0.911. The third-order valence-electron chi connectivity index (χ3n) is 11.9. The van der Waals surface area contributed by atoms with E-state index in [0.29, 0.717) is 0 Å². The second-order valence-electron chi connectivity index (χ2n) is 15.7. The molecule has 0 atom stereocenters. The van der Waals surface area contributed by atoms with E-state index >= 15 is 0 Å². The van der Waals surface area contributed by atoms with Gasteiger partial charge < -0.3 is 9.32 Å². The van der Waals surface area contributed by atoms with E-state index < -0.39 is 0 Å². The van der Waals surface area contributed by atoms with Crippen LogP contribution in [-0.2, 0) is 0 Å². The SMILES string of the molecule is c1ccc(-c2cccc(-c3cccc(N(c4ccc(-c5ccc(-c6cccc7c6oc6ccccc67)cc5)cc4)c4cccc(-c5cccc(-c6ccccc6)c5)c4)c3)c2)cc1. The van der Waals surface area contributed by atoms with E-state index in [1.807, 2.05) is 12.1 Å². The molecule has 0 amide bonds. The molecule has 1 heterocycles. The minimum atomic E-state index is 0.911. The summed E-state index contributed by atoms with van der Waals surface area (Å²) in [5, 5.41) is 2.28. The highest BCUT2D eigenvalue weighted by molar-refractivity contribution is 6.09. The number of benzene rings is 10. The molecule has 1 aromatic heterocycles. The number of furan rings is 1. The maximum Gasteiger partial charge on any atom is 0.143 e. The number of hydrogen-bond donors (Lipinski definition) is 0. The van der Waals surface area contributed by atoms with E-state index in [1.165, 1.54) is 33.4 Å². The Hall–Kier alpha value is -8.20. The van der Waals surface area contributed by atoms with Crippen molar-refractivity contribution in [1.82, 2.24) is 0 Å². The molecule has 0 aliphatic rings. The summed E-state index contributed by atoms with van der Waals surface area (Å²) >= 11 is 0. The van der Waals surface area contributed by atoms with Gasteiger partial charge in [0.1, 0.15) is 11.2 Å². The summed E-state index contributed by atoms with van der Waals surface area (Å²) < 4.78 is 6.37. The zero-order chi connectivity index (χ0) is 41.2. The molecule has 2 nitrogen and oxygen atoms in total. The van der Waals surface area contributed by atoms with Crippen LogP contribution >= 0.6 is 0 Å². The summed E-state index contributed by atoms with van der Waals surface area (Å²) in [7, 11) is 0. The van der Waals surface area contributed by atoms with E-state index in [4.69, 9.17) is 4.42 Å². The molecule has 0 saturated carbocycles. The monoisotopic (exact) mass is 791 g/mol. The third kappa shape index (κ3) is 7.14. The minimum Gasteiger partial charge on any atom is -0.455 e. The quantitative estimate of drug-likeness (QED) is 0.145. The van der Waals surface area contributed by atoms with Gasteiger partial charge in [0.05, 0.1) is 0 Å². The Balaban J connectivity index is 0.961. The zero-order valence-electron chi connectivity index (χ0n) is 34.0. The number of rotatable bonds is 9. The molecule has 0 saturated heterocycles. The predicted octanol–water partition coefficient (Wildman–Crippen LogP) is 17.1. The van der Waals surface area contributed by atoms with Gasteiger partial charge in [-0.05, 0) is 116 Å². The lowest BCUT2D eigenvalue weighted by Gasteiger charge is -2.27. The Morgan fingerprint density at radius 2 is 0.629 bits per heavy atom. The molecule has 0 unspecified atom stereocenters. The van der Waals surface area contributed by atoms with Crippen molar-refractivity contribution in [3.8, 4) is 66.8 Å². The fourth-order valence-electron chi connectivity index (χ4n) is 8.73. The Morgan fingerprint density at radius 1 is 0.242 bits per heavy atom. The molecule has 0 aliphatic carbocycles. The molecule has 2 heteroatoms. The van der Waals surface area contributed by atoms with Crippen molar-refractivity contribution in [3.63, 3.8) is 0 Å². The molecule has 0 bridgehead atoms. The van der Waals surface area contributed by atoms with Gasteiger partial charge >= 0.3 is 0 Å². The van der Waals surface area contributed by atoms with E-state index in [9.17, 15) is 0 Å². The highest BCUT2D eigenvalue weighted by Crippen LogP contribution is 2.41. The summed E-state index contributed by atoms with van der Waals surface area (Å²) in [5.41, 5.74) is 19.1. The van der Waals surface area contributed by atoms with Gasteiger partial charge in [-0.2, -0.15) is 0 Å². The normalized spacial score (nSPS) is 11.2. The fraction of sp³-hybridized carbons (Fsp3) is 0. The molecular formula is C60H41NO. The number of fused-ring (bicyclic) bond motifs is 3. The van der Waals surface area contributed by atoms with Gasteiger partial charge in [0.25, 0.3) is 0 Å². The maximum atomic E-state index is 6.37. The summed E-state index contributed by atoms with van der Waals surface area (Å²) in [6.45, 7) is 0. The molecule has 292 valence electrons. The van der Waals surface area contributed by atoms with Crippen LogP contribution < -0.4 is 4.90 Å². The molecule has 0 N–H and O–H groups in total. The number of nitrogens with zero attached hydrogens (tertiary/aromatic N) is 1. The second-order valence-corrected chi connectivity index (χ2v) is 15.7. The first-order valence-corrected chi connectivity index (χ1v) is 21.2. The van der Waals surface area contributed by atoms with E-state index in [1.54, 1.807) is 0 Å². The van der Waals surface area contributed by atoms with Crippen molar-refractivity contribution < 1.29 is 4.42 Å². The van der Waals surface area contributed by atoms with Crippen molar-refractivity contribution in [2.75, 3.05) is 4.90 Å². The van der Waals surface area contributed by atoms with Crippen molar-refractivity contribution in [3.05, 3.63) is 249 Å². The van der Waals surface area contributed by atoms with Crippen molar-refractivity contribution in [2.45, 2.75) is 0 Å². The second kappa shape index (κ2) is 16.1. The predicted molar refractivity (Wildman–Crippen MR) is 261 cm³/mol. The summed E-state index contributed by atoms with van der Waals surface area (Å²) in [4.78, 5) is 2.37. The average Bonchev–Trinajstić information content (AvgIpc) is 3.74. The van der Waals surface area contributed by atoms with Crippen LogP contribution in [0.5, 0.6) is 0 Å². The smallest absolute Gasteiger partial charge is 0.143 e. The van der Waals surface area contributed by atoms with Crippen LogP contribution in [0, 0.1) is 0 Å². The van der Waals surface area contributed by atoms with Crippen molar-refractivity contribution in [2.24, 2.45) is 0 Å². The highest BCUT2D eigenvalue weighted by atomic mass is 16.3. The standard InChI is InChI=1S/C60H41NO/c1-3-14-42(15-4-1)47-18-9-20-49(38-47)51-22-11-24-54(40-51)61(55-25-12-23-52(41-55)50-21-10-19-48(39-50)43-16-5-2-6-17-43)53-36-34-45(35-37-53)44-30-32-46(33-31-44)56-27-13-28-58-57-26-7-8-29-59(57)62-60(56)58/h1-41H. The van der Waals surface area contributed by atoms with E-state index in [-0.39, 0.29) is 0 Å².